The molecule has 0 bridgehead atoms. The average molecular weight is 354 g/mol. The molecule has 101 valence electrons. The van der Waals surface area contributed by atoms with Gasteiger partial charge in [0.15, 0.2) is 0 Å². The number of hydrogen-bond donors (Lipinski definition) is 0. The summed E-state index contributed by atoms with van der Waals surface area (Å²) in [4.78, 5) is 0. The molecule has 0 fully saturated rings. The zero-order chi connectivity index (χ0) is 14.0. The summed E-state index contributed by atoms with van der Waals surface area (Å²) in [6, 6.07) is 15.0. The van der Waals surface area contributed by atoms with Crippen LogP contribution in [-0.2, 0) is 6.42 Å². The van der Waals surface area contributed by atoms with Gasteiger partial charge < -0.3 is 0 Å². The Balaban J connectivity index is 2.22. The molecule has 3 heteroatoms. The van der Waals surface area contributed by atoms with E-state index in [2.05, 4.69) is 65.9 Å². The lowest BCUT2D eigenvalue weighted by Gasteiger charge is -2.29. The number of halogens is 2. The largest absolute Gasteiger partial charge is 0.185 e. The van der Waals surface area contributed by atoms with E-state index in [1.165, 1.54) is 10.8 Å². The molecule has 0 aliphatic rings. The van der Waals surface area contributed by atoms with Crippen molar-refractivity contribution in [3.05, 3.63) is 63.1 Å². The predicted octanol–water partition coefficient (Wildman–Crippen LogP) is 5.24. The Labute approximate surface area is 130 Å². The molecule has 0 radical (unpaired) electrons. The maximum absolute atomic E-state index is 6.24. The monoisotopic (exact) mass is 352 g/mol. The molecule has 0 unspecified atom stereocenters. The Morgan fingerprint density at radius 2 is 1.63 bits per heavy atom. The molecule has 2 rings (SSSR count). The smallest absolute Gasteiger partial charge is 0.0442 e. The molecule has 0 saturated heterocycles. The van der Waals surface area contributed by atoms with Gasteiger partial charge in [0.2, 0.25) is 0 Å². The van der Waals surface area contributed by atoms with Crippen LogP contribution in [0.5, 0.6) is 0 Å². The van der Waals surface area contributed by atoms with E-state index in [0.29, 0.717) is 0 Å². The third kappa shape index (κ3) is 3.94. The molecule has 0 atom stereocenters. The molecule has 0 nitrogen and oxygen atoms in total. The Morgan fingerprint density at radius 1 is 1.00 bits per heavy atom. The summed E-state index contributed by atoms with van der Waals surface area (Å²) in [5, 5.41) is 2.33. The van der Waals surface area contributed by atoms with Crippen LogP contribution in [0, 0.1) is 0 Å². The van der Waals surface area contributed by atoms with Gasteiger partial charge in [-0.05, 0) is 35.7 Å². The lowest BCUT2D eigenvalue weighted by atomic mass is 10.1. The van der Waals surface area contributed by atoms with E-state index >= 15 is 0 Å². The molecular formula is C16H18BrClSi-. The second-order valence-electron chi connectivity index (χ2n) is 5.86. The van der Waals surface area contributed by atoms with Crippen molar-refractivity contribution in [1.29, 1.82) is 0 Å². The molecule has 0 amide bonds. The van der Waals surface area contributed by atoms with Crippen LogP contribution in [-0.4, -0.2) is 8.07 Å². The van der Waals surface area contributed by atoms with Crippen molar-refractivity contribution < 1.29 is 0 Å². The van der Waals surface area contributed by atoms with E-state index in [-0.39, 0.29) is 0 Å². The minimum atomic E-state index is -1.20. The van der Waals surface area contributed by atoms with Gasteiger partial charge in [-0.3, -0.25) is 0 Å². The Morgan fingerprint density at radius 3 is 2.21 bits per heavy atom. The number of benzene rings is 2. The zero-order valence-electron chi connectivity index (χ0n) is 11.5. The van der Waals surface area contributed by atoms with Crippen molar-refractivity contribution in [1.82, 2.24) is 0 Å². The normalized spacial score (nSPS) is 11.6. The highest BCUT2D eigenvalue weighted by Crippen LogP contribution is 2.23. The van der Waals surface area contributed by atoms with Crippen LogP contribution in [0.4, 0.5) is 0 Å². The van der Waals surface area contributed by atoms with Gasteiger partial charge in [-0.15, -0.1) is 8.07 Å². The van der Waals surface area contributed by atoms with Crippen LogP contribution >= 0.6 is 27.5 Å². The van der Waals surface area contributed by atoms with Gasteiger partial charge in [-0.2, -0.15) is 24.8 Å². The van der Waals surface area contributed by atoms with Crippen LogP contribution in [0.15, 0.2) is 46.9 Å². The highest BCUT2D eigenvalue weighted by Gasteiger charge is 2.05. The van der Waals surface area contributed by atoms with Gasteiger partial charge in [-0.25, -0.2) is 0 Å². The van der Waals surface area contributed by atoms with E-state index in [9.17, 15) is 0 Å². The quantitative estimate of drug-likeness (QED) is 0.662. The zero-order valence-corrected chi connectivity index (χ0v) is 14.8. The Hall–Kier alpha value is -0.573. The summed E-state index contributed by atoms with van der Waals surface area (Å²) in [7, 11) is -1.20. The molecule has 0 aliphatic carbocycles. The van der Waals surface area contributed by atoms with Gasteiger partial charge in [0.25, 0.3) is 0 Å². The molecule has 2 aromatic rings. The summed E-state index contributed by atoms with van der Waals surface area (Å²) in [6.45, 7) is 7.10. The second kappa shape index (κ2) is 5.82. The van der Waals surface area contributed by atoms with E-state index in [4.69, 9.17) is 11.6 Å². The van der Waals surface area contributed by atoms with Crippen LogP contribution in [0.3, 0.4) is 0 Å². The van der Waals surface area contributed by atoms with Crippen molar-refractivity contribution in [2.75, 3.05) is 0 Å². The van der Waals surface area contributed by atoms with E-state index in [1.807, 2.05) is 12.1 Å². The van der Waals surface area contributed by atoms with Gasteiger partial charge in [-0.1, -0.05) is 51.8 Å². The number of rotatable bonds is 3. The summed E-state index contributed by atoms with van der Waals surface area (Å²) < 4.78 is 1.07. The van der Waals surface area contributed by atoms with Gasteiger partial charge in [0.1, 0.15) is 0 Å². The summed E-state index contributed by atoms with van der Waals surface area (Å²) in [5.74, 6) is 0. The van der Waals surface area contributed by atoms with E-state index in [0.717, 1.165) is 21.5 Å². The number of hydrogen-bond acceptors (Lipinski definition) is 0. The third-order valence-electron chi connectivity index (χ3n) is 3.22. The molecule has 0 saturated carbocycles. The summed E-state index contributed by atoms with van der Waals surface area (Å²) >= 11 is 9.73. The highest BCUT2D eigenvalue weighted by molar-refractivity contribution is 9.10. The van der Waals surface area contributed by atoms with Gasteiger partial charge in [0.05, 0.1) is 0 Å². The van der Waals surface area contributed by atoms with Crippen LogP contribution in [0.1, 0.15) is 11.1 Å². The first-order valence-electron chi connectivity index (χ1n) is 6.39. The van der Waals surface area contributed by atoms with E-state index in [1.54, 1.807) is 0 Å². The first kappa shape index (κ1) is 14.8. The molecule has 19 heavy (non-hydrogen) atoms. The molecular weight excluding hydrogens is 336 g/mol. The fourth-order valence-electron chi connectivity index (χ4n) is 2.02. The predicted molar refractivity (Wildman–Crippen MR) is 91.4 cm³/mol. The SMILES string of the molecule is C[Si-](C)(C)c1ccc(Cc2cc(Br)ccc2Cl)cc1. The standard InChI is InChI=1S/C16H18BrClSi/c1-19(2,3)15-7-4-12(5-8-15)10-13-11-14(17)6-9-16(13)18/h4-9,11H,10H2,1-3H3/q-1. The molecule has 0 aromatic heterocycles. The summed E-state index contributed by atoms with van der Waals surface area (Å²) in [6.07, 6.45) is 0.879. The topological polar surface area (TPSA) is 0 Å². The van der Waals surface area contributed by atoms with Crippen LogP contribution < -0.4 is 5.19 Å². The van der Waals surface area contributed by atoms with Crippen molar-refractivity contribution in [3.8, 4) is 0 Å². The lowest BCUT2D eigenvalue weighted by Crippen LogP contribution is -2.37. The van der Waals surface area contributed by atoms with Crippen molar-refractivity contribution in [2.24, 2.45) is 0 Å². The molecule has 0 spiro atoms. The van der Waals surface area contributed by atoms with Crippen LogP contribution in [0.2, 0.25) is 24.7 Å². The first-order valence-corrected chi connectivity index (χ1v) is 11.1. The van der Waals surface area contributed by atoms with Crippen molar-refractivity contribution in [2.45, 2.75) is 26.1 Å². The minimum Gasteiger partial charge on any atom is -0.185 e. The lowest BCUT2D eigenvalue weighted by molar-refractivity contribution is 1.19. The fourth-order valence-corrected chi connectivity index (χ4v) is 3.78. The molecule has 0 N–H and O–H groups in total. The third-order valence-corrected chi connectivity index (χ3v) is 6.15. The van der Waals surface area contributed by atoms with Crippen LogP contribution in [0.25, 0.3) is 0 Å². The van der Waals surface area contributed by atoms with Gasteiger partial charge in [0, 0.05) is 9.50 Å². The fraction of sp³-hybridized carbons (Fsp3) is 0.250. The second-order valence-corrected chi connectivity index (χ2v) is 12.3. The molecule has 2 aromatic carbocycles. The van der Waals surface area contributed by atoms with Crippen molar-refractivity contribution in [3.63, 3.8) is 0 Å². The van der Waals surface area contributed by atoms with E-state index < -0.39 is 8.07 Å². The first-order chi connectivity index (χ1) is 8.86. The Bertz CT molecular complexity index is 570. The molecule has 0 aliphatic heterocycles. The molecule has 0 heterocycles. The summed E-state index contributed by atoms with van der Waals surface area (Å²) in [5.41, 5.74) is 2.47. The van der Waals surface area contributed by atoms with Crippen molar-refractivity contribution >= 4 is 40.8 Å². The average Bonchev–Trinajstić information content (AvgIpc) is 2.33. The highest BCUT2D eigenvalue weighted by atomic mass is 79.9. The maximum atomic E-state index is 6.24. The minimum absolute atomic E-state index is 0.831. The maximum Gasteiger partial charge on any atom is 0.0442 e. The Kier molecular flexibility index (Phi) is 4.54. The van der Waals surface area contributed by atoms with Gasteiger partial charge >= 0.3 is 0 Å².